The maximum Gasteiger partial charge on any atom is 0.326 e. The summed E-state index contributed by atoms with van der Waals surface area (Å²) < 4.78 is 0. The molecule has 0 aliphatic rings. The van der Waals surface area contributed by atoms with Gasteiger partial charge in [-0.3, -0.25) is 4.79 Å². The quantitative estimate of drug-likeness (QED) is 0.514. The normalized spacial score (nSPS) is 11.4. The van der Waals surface area contributed by atoms with Gasteiger partial charge in [-0.2, -0.15) is 0 Å². The smallest absolute Gasteiger partial charge is 0.326 e. The summed E-state index contributed by atoms with van der Waals surface area (Å²) in [5, 5.41) is 17.3. The highest BCUT2D eigenvalue weighted by Crippen LogP contribution is 2.15. The molecule has 4 N–H and O–H groups in total. The fraction of sp³-hybridized carbons (Fsp3) is 0.318. The van der Waals surface area contributed by atoms with E-state index in [2.05, 4.69) is 16.0 Å². The molecule has 2 aromatic carbocycles. The zero-order valence-corrected chi connectivity index (χ0v) is 16.7. The number of rotatable bonds is 9. The summed E-state index contributed by atoms with van der Waals surface area (Å²) in [4.78, 5) is 35.5. The molecular formula is C22H27N3O4. The van der Waals surface area contributed by atoms with Gasteiger partial charge in [0.05, 0.1) is 6.42 Å². The summed E-state index contributed by atoms with van der Waals surface area (Å²) in [5.41, 5.74) is 3.01. The first kappa shape index (κ1) is 21.9. The average molecular weight is 397 g/mol. The highest BCUT2D eigenvalue weighted by molar-refractivity contribution is 6.00. The van der Waals surface area contributed by atoms with Gasteiger partial charge in [0.2, 0.25) is 5.91 Å². The van der Waals surface area contributed by atoms with Gasteiger partial charge < -0.3 is 21.1 Å². The Morgan fingerprint density at radius 2 is 1.69 bits per heavy atom. The van der Waals surface area contributed by atoms with Crippen LogP contribution in [0.3, 0.4) is 0 Å². The van der Waals surface area contributed by atoms with E-state index in [9.17, 15) is 19.5 Å². The van der Waals surface area contributed by atoms with E-state index >= 15 is 0 Å². The molecule has 0 radical (unpaired) electrons. The Balaban J connectivity index is 1.87. The summed E-state index contributed by atoms with van der Waals surface area (Å²) in [7, 11) is 0. The van der Waals surface area contributed by atoms with Crippen LogP contribution in [0.15, 0.2) is 48.5 Å². The predicted molar refractivity (Wildman–Crippen MR) is 113 cm³/mol. The predicted octanol–water partition coefficient (Wildman–Crippen LogP) is 3.94. The molecule has 0 spiro atoms. The molecule has 0 saturated carbocycles. The number of anilines is 2. The van der Waals surface area contributed by atoms with Crippen molar-refractivity contribution in [2.75, 3.05) is 10.6 Å². The molecule has 1 unspecified atom stereocenters. The van der Waals surface area contributed by atoms with Gasteiger partial charge in [-0.25, -0.2) is 9.59 Å². The van der Waals surface area contributed by atoms with E-state index in [0.717, 1.165) is 29.7 Å². The van der Waals surface area contributed by atoms with Crippen LogP contribution >= 0.6 is 0 Å². The Bertz CT molecular complexity index is 849. The number of amides is 3. The molecule has 0 aliphatic heterocycles. The van der Waals surface area contributed by atoms with Crippen molar-refractivity contribution in [3.05, 3.63) is 59.7 Å². The van der Waals surface area contributed by atoms with Gasteiger partial charge in [-0.05, 0) is 42.7 Å². The van der Waals surface area contributed by atoms with Crippen LogP contribution in [0.1, 0.15) is 37.3 Å². The third-order valence-electron chi connectivity index (χ3n) is 4.45. The number of nitrogens with one attached hydrogen (secondary N) is 3. The number of hydrogen-bond donors (Lipinski definition) is 4. The van der Waals surface area contributed by atoms with E-state index in [1.165, 1.54) is 0 Å². The number of hydrogen-bond acceptors (Lipinski definition) is 3. The van der Waals surface area contributed by atoms with Crippen molar-refractivity contribution in [3.63, 3.8) is 0 Å². The number of carbonyl (C=O) groups excluding carboxylic acids is 2. The van der Waals surface area contributed by atoms with Gasteiger partial charge in [0, 0.05) is 11.4 Å². The van der Waals surface area contributed by atoms with Gasteiger partial charge in [0.25, 0.3) is 0 Å². The van der Waals surface area contributed by atoms with Crippen molar-refractivity contribution in [1.82, 2.24) is 5.32 Å². The maximum atomic E-state index is 12.1. The van der Waals surface area contributed by atoms with Crippen LogP contribution in [-0.2, 0) is 16.0 Å². The van der Waals surface area contributed by atoms with Crippen LogP contribution < -0.4 is 16.0 Å². The molecule has 0 aromatic heterocycles. The molecule has 3 amide bonds. The number of carboxylic acids is 1. The van der Waals surface area contributed by atoms with Crippen LogP contribution in [0.5, 0.6) is 0 Å². The molecule has 0 heterocycles. The zero-order valence-electron chi connectivity index (χ0n) is 16.7. The topological polar surface area (TPSA) is 108 Å². The lowest BCUT2D eigenvalue weighted by Gasteiger charge is -2.14. The summed E-state index contributed by atoms with van der Waals surface area (Å²) >= 11 is 0. The second-order valence-corrected chi connectivity index (χ2v) is 6.87. The van der Waals surface area contributed by atoms with Crippen molar-refractivity contribution in [3.8, 4) is 0 Å². The van der Waals surface area contributed by atoms with Crippen molar-refractivity contribution in [2.24, 2.45) is 0 Å². The number of carboxylic acid groups (broad SMARTS) is 1. The van der Waals surface area contributed by atoms with E-state index in [-0.39, 0.29) is 18.4 Å². The molecule has 1 atom stereocenters. The van der Waals surface area contributed by atoms with E-state index in [1.807, 2.05) is 38.1 Å². The molecule has 154 valence electrons. The minimum absolute atomic E-state index is 0.0750. The highest BCUT2D eigenvalue weighted by atomic mass is 16.4. The standard InChI is InChI=1S/C22H27N3O4/c1-3-4-8-19(21(27)28)24-20(26)14-16-10-12-17(13-11-16)23-22(29)25-18-9-6-5-7-15(18)2/h5-7,9-13,19H,3-4,8,14H2,1-2H3,(H,24,26)(H,27,28)(H2,23,25,29). The second kappa shape index (κ2) is 10.8. The molecule has 0 fully saturated rings. The summed E-state index contributed by atoms with van der Waals surface area (Å²) in [6, 6.07) is 13.1. The van der Waals surface area contributed by atoms with Crippen molar-refractivity contribution in [1.29, 1.82) is 0 Å². The number of aryl methyl sites for hydroxylation is 1. The molecule has 7 nitrogen and oxygen atoms in total. The van der Waals surface area contributed by atoms with Crippen molar-refractivity contribution in [2.45, 2.75) is 45.6 Å². The van der Waals surface area contributed by atoms with Gasteiger partial charge in [-0.1, -0.05) is 50.1 Å². The Labute approximate surface area is 170 Å². The number of unbranched alkanes of at least 4 members (excludes halogenated alkanes) is 1. The lowest BCUT2D eigenvalue weighted by atomic mass is 10.1. The fourth-order valence-corrected chi connectivity index (χ4v) is 2.80. The maximum absolute atomic E-state index is 12.1. The number of urea groups is 1. The number of para-hydroxylation sites is 1. The number of benzene rings is 2. The molecule has 0 aliphatic carbocycles. The Kier molecular flexibility index (Phi) is 8.21. The molecule has 2 rings (SSSR count). The van der Waals surface area contributed by atoms with Gasteiger partial charge in [0.1, 0.15) is 6.04 Å². The van der Waals surface area contributed by atoms with Gasteiger partial charge >= 0.3 is 12.0 Å². The lowest BCUT2D eigenvalue weighted by molar-refractivity contribution is -0.142. The summed E-state index contributed by atoms with van der Waals surface area (Å²) in [5.74, 6) is -1.36. The van der Waals surface area contributed by atoms with Gasteiger partial charge in [0.15, 0.2) is 0 Å². The minimum Gasteiger partial charge on any atom is -0.480 e. The highest BCUT2D eigenvalue weighted by Gasteiger charge is 2.19. The Morgan fingerprint density at radius 3 is 2.31 bits per heavy atom. The van der Waals surface area contributed by atoms with E-state index < -0.39 is 12.0 Å². The Hall–Kier alpha value is -3.35. The first-order chi connectivity index (χ1) is 13.9. The molecule has 29 heavy (non-hydrogen) atoms. The van der Waals surface area contributed by atoms with Crippen LogP contribution in [0.4, 0.5) is 16.2 Å². The monoisotopic (exact) mass is 397 g/mol. The van der Waals surface area contributed by atoms with Crippen molar-refractivity contribution < 1.29 is 19.5 Å². The summed E-state index contributed by atoms with van der Waals surface area (Å²) in [6.07, 6.45) is 2.09. The number of carbonyl (C=O) groups is 3. The number of aliphatic carboxylic acids is 1. The molecule has 7 heteroatoms. The fourth-order valence-electron chi connectivity index (χ4n) is 2.80. The van der Waals surface area contributed by atoms with Crippen molar-refractivity contribution >= 4 is 29.3 Å². The minimum atomic E-state index is -1.02. The lowest BCUT2D eigenvalue weighted by Crippen LogP contribution is -2.41. The molecule has 2 aromatic rings. The molecule has 0 bridgehead atoms. The van der Waals surface area contributed by atoms with E-state index in [4.69, 9.17) is 0 Å². The third-order valence-corrected chi connectivity index (χ3v) is 4.45. The first-order valence-electron chi connectivity index (χ1n) is 9.63. The van der Waals surface area contributed by atoms with Crippen LogP contribution in [0.2, 0.25) is 0 Å². The van der Waals surface area contributed by atoms with Crippen LogP contribution in [0, 0.1) is 6.92 Å². The first-order valence-corrected chi connectivity index (χ1v) is 9.63. The van der Waals surface area contributed by atoms with Crippen LogP contribution in [-0.4, -0.2) is 29.1 Å². The third kappa shape index (κ3) is 7.29. The molecular weight excluding hydrogens is 370 g/mol. The average Bonchev–Trinajstić information content (AvgIpc) is 2.68. The second-order valence-electron chi connectivity index (χ2n) is 6.87. The van der Waals surface area contributed by atoms with Gasteiger partial charge in [-0.15, -0.1) is 0 Å². The van der Waals surface area contributed by atoms with E-state index in [0.29, 0.717) is 12.1 Å². The van der Waals surface area contributed by atoms with E-state index in [1.54, 1.807) is 24.3 Å². The largest absolute Gasteiger partial charge is 0.480 e. The summed E-state index contributed by atoms with van der Waals surface area (Å²) in [6.45, 7) is 3.88. The Morgan fingerprint density at radius 1 is 1.00 bits per heavy atom. The molecule has 0 saturated heterocycles. The zero-order chi connectivity index (χ0) is 21.2. The van der Waals surface area contributed by atoms with Crippen LogP contribution in [0.25, 0.3) is 0 Å². The SMILES string of the molecule is CCCCC(NC(=O)Cc1ccc(NC(=O)Nc2ccccc2C)cc1)C(=O)O.